The van der Waals surface area contributed by atoms with Gasteiger partial charge in [-0.2, -0.15) is 0 Å². The monoisotopic (exact) mass is 324 g/mol. The van der Waals surface area contributed by atoms with Crippen LogP contribution in [0.2, 0.25) is 5.15 Å². The summed E-state index contributed by atoms with van der Waals surface area (Å²) in [5.41, 5.74) is 3.50. The average molecular weight is 326 g/mol. The van der Waals surface area contributed by atoms with Crippen LogP contribution < -0.4 is 5.32 Å². The number of nitrogens with one attached hydrogen (secondary N) is 1. The van der Waals surface area contributed by atoms with Crippen LogP contribution in [0.25, 0.3) is 0 Å². The SMILES string of the molecule is Cc1ccccc1C(C)Nc1cnc(Cl)c(Br)c1. The third-order valence-electron chi connectivity index (χ3n) is 2.83. The molecule has 1 heterocycles. The van der Waals surface area contributed by atoms with Gasteiger partial charge < -0.3 is 5.32 Å². The summed E-state index contributed by atoms with van der Waals surface area (Å²) in [5, 5.41) is 3.89. The molecule has 1 N–H and O–H groups in total. The smallest absolute Gasteiger partial charge is 0.143 e. The fraction of sp³-hybridized carbons (Fsp3) is 0.214. The van der Waals surface area contributed by atoms with Crippen molar-refractivity contribution in [2.45, 2.75) is 19.9 Å². The molecule has 2 aromatic rings. The number of anilines is 1. The predicted octanol–water partition coefficient (Wildman–Crippen LogP) is 4.98. The molecule has 0 aliphatic heterocycles. The number of halogens is 2. The van der Waals surface area contributed by atoms with E-state index in [0.29, 0.717) is 5.15 Å². The van der Waals surface area contributed by atoms with Gasteiger partial charge in [-0.15, -0.1) is 0 Å². The van der Waals surface area contributed by atoms with Crippen LogP contribution in [0.1, 0.15) is 24.1 Å². The van der Waals surface area contributed by atoms with Crippen molar-refractivity contribution in [1.82, 2.24) is 4.98 Å². The van der Waals surface area contributed by atoms with E-state index in [4.69, 9.17) is 11.6 Å². The predicted molar refractivity (Wildman–Crippen MR) is 80.2 cm³/mol. The zero-order valence-electron chi connectivity index (χ0n) is 10.2. The number of benzene rings is 1. The normalized spacial score (nSPS) is 12.2. The Hall–Kier alpha value is -1.06. The van der Waals surface area contributed by atoms with E-state index in [0.717, 1.165) is 10.2 Å². The van der Waals surface area contributed by atoms with Crippen molar-refractivity contribution in [3.8, 4) is 0 Å². The molecule has 0 bridgehead atoms. The lowest BCUT2D eigenvalue weighted by molar-refractivity contribution is 0.872. The summed E-state index contributed by atoms with van der Waals surface area (Å²) in [7, 11) is 0. The fourth-order valence-electron chi connectivity index (χ4n) is 1.90. The topological polar surface area (TPSA) is 24.9 Å². The van der Waals surface area contributed by atoms with Gasteiger partial charge >= 0.3 is 0 Å². The molecule has 0 amide bonds. The molecule has 1 unspecified atom stereocenters. The summed E-state index contributed by atoms with van der Waals surface area (Å²) in [6.45, 7) is 4.24. The highest BCUT2D eigenvalue weighted by atomic mass is 79.9. The Morgan fingerprint density at radius 1 is 1.33 bits per heavy atom. The minimum Gasteiger partial charge on any atom is -0.377 e. The second-order valence-corrected chi connectivity index (χ2v) is 5.43. The Balaban J connectivity index is 2.19. The van der Waals surface area contributed by atoms with Crippen LogP contribution >= 0.6 is 27.5 Å². The number of aryl methyl sites for hydroxylation is 1. The Kier molecular flexibility index (Phi) is 4.25. The largest absolute Gasteiger partial charge is 0.377 e. The highest BCUT2D eigenvalue weighted by Crippen LogP contribution is 2.26. The zero-order chi connectivity index (χ0) is 13.1. The van der Waals surface area contributed by atoms with Crippen LogP contribution in [-0.4, -0.2) is 4.98 Å². The molecule has 1 aromatic heterocycles. The van der Waals surface area contributed by atoms with Gasteiger partial charge in [0.25, 0.3) is 0 Å². The van der Waals surface area contributed by atoms with Crippen LogP contribution in [0.3, 0.4) is 0 Å². The van der Waals surface area contributed by atoms with Gasteiger partial charge in [-0.3, -0.25) is 0 Å². The maximum Gasteiger partial charge on any atom is 0.143 e. The number of hydrogen-bond donors (Lipinski definition) is 1. The minimum absolute atomic E-state index is 0.223. The van der Waals surface area contributed by atoms with Crippen molar-refractivity contribution in [1.29, 1.82) is 0 Å². The van der Waals surface area contributed by atoms with Gasteiger partial charge in [0.1, 0.15) is 5.15 Å². The Morgan fingerprint density at radius 2 is 2.06 bits per heavy atom. The molecule has 18 heavy (non-hydrogen) atoms. The number of hydrogen-bond acceptors (Lipinski definition) is 2. The van der Waals surface area contributed by atoms with Crippen LogP contribution in [0.5, 0.6) is 0 Å². The summed E-state index contributed by atoms with van der Waals surface area (Å²) in [6.07, 6.45) is 1.74. The molecule has 0 aliphatic carbocycles. The molecule has 1 atom stereocenters. The molecule has 0 saturated carbocycles. The quantitative estimate of drug-likeness (QED) is 0.805. The lowest BCUT2D eigenvalue weighted by atomic mass is 10.0. The summed E-state index contributed by atoms with van der Waals surface area (Å²) in [5.74, 6) is 0. The summed E-state index contributed by atoms with van der Waals surface area (Å²) in [4.78, 5) is 4.10. The van der Waals surface area contributed by atoms with Gasteiger partial charge in [0.15, 0.2) is 0 Å². The zero-order valence-corrected chi connectivity index (χ0v) is 12.6. The molecular weight excluding hydrogens is 312 g/mol. The van der Waals surface area contributed by atoms with Gasteiger partial charge in [0.2, 0.25) is 0 Å². The number of pyridine rings is 1. The second kappa shape index (κ2) is 5.72. The van der Waals surface area contributed by atoms with Crippen molar-refractivity contribution < 1.29 is 0 Å². The molecule has 0 spiro atoms. The van der Waals surface area contributed by atoms with E-state index in [2.05, 4.69) is 58.3 Å². The number of aromatic nitrogens is 1. The minimum atomic E-state index is 0.223. The van der Waals surface area contributed by atoms with Gasteiger partial charge in [-0.25, -0.2) is 4.98 Å². The molecule has 0 radical (unpaired) electrons. The highest BCUT2D eigenvalue weighted by Gasteiger charge is 2.08. The van der Waals surface area contributed by atoms with Crippen molar-refractivity contribution in [2.24, 2.45) is 0 Å². The first-order valence-electron chi connectivity index (χ1n) is 5.71. The molecule has 0 fully saturated rings. The van der Waals surface area contributed by atoms with Crippen molar-refractivity contribution in [3.63, 3.8) is 0 Å². The first-order chi connectivity index (χ1) is 8.58. The van der Waals surface area contributed by atoms with E-state index in [9.17, 15) is 0 Å². The molecule has 4 heteroatoms. The molecule has 0 saturated heterocycles. The molecule has 0 aliphatic rings. The maximum atomic E-state index is 5.87. The van der Waals surface area contributed by atoms with E-state index in [1.165, 1.54) is 11.1 Å². The van der Waals surface area contributed by atoms with Crippen LogP contribution in [-0.2, 0) is 0 Å². The standard InChI is InChI=1S/C14H14BrClN2/c1-9-5-3-4-6-12(9)10(2)18-11-7-13(15)14(16)17-8-11/h3-8,10,18H,1-2H3. The van der Waals surface area contributed by atoms with Gasteiger partial charge in [0, 0.05) is 6.04 Å². The molecule has 2 rings (SSSR count). The van der Waals surface area contributed by atoms with Gasteiger partial charge in [0.05, 0.1) is 16.4 Å². The first-order valence-corrected chi connectivity index (χ1v) is 6.88. The Morgan fingerprint density at radius 3 is 2.72 bits per heavy atom. The number of rotatable bonds is 3. The second-order valence-electron chi connectivity index (χ2n) is 4.22. The van der Waals surface area contributed by atoms with E-state index >= 15 is 0 Å². The summed E-state index contributed by atoms with van der Waals surface area (Å²) < 4.78 is 0.797. The third kappa shape index (κ3) is 3.03. The van der Waals surface area contributed by atoms with Crippen LogP contribution in [0.4, 0.5) is 5.69 Å². The van der Waals surface area contributed by atoms with Crippen molar-refractivity contribution in [2.75, 3.05) is 5.32 Å². The molecule has 1 aromatic carbocycles. The van der Waals surface area contributed by atoms with Crippen LogP contribution in [0, 0.1) is 6.92 Å². The lowest BCUT2D eigenvalue weighted by Crippen LogP contribution is -2.08. The summed E-state index contributed by atoms with van der Waals surface area (Å²) in [6, 6.07) is 10.5. The lowest BCUT2D eigenvalue weighted by Gasteiger charge is -2.17. The van der Waals surface area contributed by atoms with E-state index in [1.54, 1.807) is 6.20 Å². The van der Waals surface area contributed by atoms with Crippen molar-refractivity contribution >= 4 is 33.2 Å². The third-order valence-corrected chi connectivity index (χ3v) is 3.97. The Bertz CT molecular complexity index is 557. The van der Waals surface area contributed by atoms with Gasteiger partial charge in [-0.05, 0) is 47.0 Å². The molecule has 94 valence electrons. The number of nitrogens with zero attached hydrogens (tertiary/aromatic N) is 1. The first kappa shape index (κ1) is 13.4. The van der Waals surface area contributed by atoms with Gasteiger partial charge in [-0.1, -0.05) is 35.9 Å². The Labute approximate surface area is 121 Å². The van der Waals surface area contributed by atoms with E-state index in [-0.39, 0.29) is 6.04 Å². The van der Waals surface area contributed by atoms with E-state index < -0.39 is 0 Å². The maximum absolute atomic E-state index is 5.87. The van der Waals surface area contributed by atoms with Crippen molar-refractivity contribution in [3.05, 3.63) is 57.3 Å². The molecular formula is C14H14BrClN2. The van der Waals surface area contributed by atoms with Crippen LogP contribution in [0.15, 0.2) is 41.0 Å². The highest BCUT2D eigenvalue weighted by molar-refractivity contribution is 9.10. The van der Waals surface area contributed by atoms with E-state index in [1.807, 2.05) is 12.1 Å². The molecule has 2 nitrogen and oxygen atoms in total. The fourth-order valence-corrected chi connectivity index (χ4v) is 2.35. The summed E-state index contributed by atoms with van der Waals surface area (Å²) >= 11 is 9.25. The average Bonchev–Trinajstić information content (AvgIpc) is 2.34.